The number of ether oxygens (including phenoxy) is 2. The molecular formula is C13H15ClN2O7S. The summed E-state index contributed by atoms with van der Waals surface area (Å²) in [6, 6.07) is 0. The fourth-order valence-corrected chi connectivity index (χ4v) is 3.99. The van der Waals surface area contributed by atoms with Gasteiger partial charge in [-0.25, -0.2) is 4.79 Å². The lowest BCUT2D eigenvalue weighted by Crippen LogP contribution is -2.42. The van der Waals surface area contributed by atoms with Gasteiger partial charge in [0.1, 0.15) is 10.4 Å². The molecule has 1 saturated heterocycles. The monoisotopic (exact) mass is 378 g/mol. The number of aromatic amines is 1. The highest BCUT2D eigenvalue weighted by Crippen LogP contribution is 2.44. The van der Waals surface area contributed by atoms with Crippen molar-refractivity contribution in [2.24, 2.45) is 0 Å². The Balaban J connectivity index is 2.48. The molecule has 0 unspecified atom stereocenters. The second-order valence-corrected chi connectivity index (χ2v) is 6.81. The van der Waals surface area contributed by atoms with Crippen LogP contribution in [0.3, 0.4) is 0 Å². The number of halogens is 1. The highest BCUT2D eigenvalue weighted by molar-refractivity contribution is 8.00. The van der Waals surface area contributed by atoms with Gasteiger partial charge in [-0.15, -0.1) is 11.8 Å². The van der Waals surface area contributed by atoms with Crippen LogP contribution in [0.1, 0.15) is 19.2 Å². The van der Waals surface area contributed by atoms with Gasteiger partial charge in [0.15, 0.2) is 12.2 Å². The highest BCUT2D eigenvalue weighted by Gasteiger charge is 2.49. The first-order chi connectivity index (χ1) is 11.2. The zero-order valence-electron chi connectivity index (χ0n) is 12.7. The molecule has 0 aromatic carbocycles. The van der Waals surface area contributed by atoms with E-state index in [0.29, 0.717) is 0 Å². The summed E-state index contributed by atoms with van der Waals surface area (Å²) in [6.45, 7) is 1.98. The third kappa shape index (κ3) is 3.82. The van der Waals surface area contributed by atoms with Crippen LogP contribution in [0.2, 0.25) is 5.02 Å². The summed E-state index contributed by atoms with van der Waals surface area (Å²) < 4.78 is 11.4. The Bertz CT molecular complexity index is 761. The fourth-order valence-electron chi connectivity index (χ4n) is 2.38. The van der Waals surface area contributed by atoms with Crippen molar-refractivity contribution < 1.29 is 24.2 Å². The number of nitrogens with one attached hydrogen (secondary N) is 1. The van der Waals surface area contributed by atoms with Crippen LogP contribution < -0.4 is 11.2 Å². The Labute approximate surface area is 144 Å². The van der Waals surface area contributed by atoms with Crippen molar-refractivity contribution >= 4 is 35.3 Å². The molecule has 9 nitrogen and oxygen atoms in total. The van der Waals surface area contributed by atoms with Gasteiger partial charge in [0, 0.05) is 20.0 Å². The minimum atomic E-state index is -1.03. The molecule has 4 atom stereocenters. The molecule has 11 heteroatoms. The molecule has 1 fully saturated rings. The molecule has 1 aliphatic rings. The van der Waals surface area contributed by atoms with Crippen LogP contribution in [-0.4, -0.2) is 50.7 Å². The molecule has 1 aromatic heterocycles. The first kappa shape index (κ1) is 18.6. The molecule has 0 saturated carbocycles. The minimum absolute atomic E-state index is 0.228. The molecule has 0 amide bonds. The lowest BCUT2D eigenvalue weighted by Gasteiger charge is -2.25. The zero-order chi connectivity index (χ0) is 18.0. The second-order valence-electron chi connectivity index (χ2n) is 5.04. The predicted octanol–water partition coefficient (Wildman–Crippen LogP) is -0.340. The van der Waals surface area contributed by atoms with Crippen molar-refractivity contribution in [3.63, 3.8) is 0 Å². The summed E-state index contributed by atoms with van der Waals surface area (Å²) in [5.74, 6) is -1.27. The Morgan fingerprint density at radius 1 is 1.29 bits per heavy atom. The Morgan fingerprint density at radius 2 is 1.88 bits per heavy atom. The van der Waals surface area contributed by atoms with E-state index in [9.17, 15) is 24.3 Å². The maximum atomic E-state index is 12.1. The van der Waals surface area contributed by atoms with Crippen molar-refractivity contribution in [1.82, 2.24) is 9.55 Å². The summed E-state index contributed by atoms with van der Waals surface area (Å²) in [7, 11) is 0. The number of aliphatic hydroxyl groups is 1. The third-order valence-electron chi connectivity index (χ3n) is 3.27. The summed E-state index contributed by atoms with van der Waals surface area (Å²) in [5.41, 5.74) is -1.51. The van der Waals surface area contributed by atoms with Gasteiger partial charge >= 0.3 is 17.6 Å². The summed E-state index contributed by atoms with van der Waals surface area (Å²) >= 11 is 6.82. The van der Waals surface area contributed by atoms with Gasteiger partial charge in [-0.05, 0) is 0 Å². The van der Waals surface area contributed by atoms with Crippen molar-refractivity contribution in [3.8, 4) is 0 Å². The Kier molecular flexibility index (Phi) is 5.73. The number of thioether (sulfide) groups is 1. The maximum absolute atomic E-state index is 12.1. The number of H-pyrrole nitrogens is 1. The highest BCUT2D eigenvalue weighted by atomic mass is 35.5. The molecule has 0 bridgehead atoms. The number of rotatable bonds is 4. The van der Waals surface area contributed by atoms with Crippen LogP contribution in [0, 0.1) is 0 Å². The maximum Gasteiger partial charge on any atom is 0.329 e. The molecule has 2 rings (SSSR count). The standard InChI is InChI=1S/C13H15ClN2O7S/c1-5(18)22-9-8(4-17)24-12(10(9)23-6(2)19)16-3-7(14)11(20)15-13(16)21/h3,8-10,12,17H,4H2,1-2H3,(H,15,20,21)/t8-,9-,10-,12-/m1/s1. The second kappa shape index (κ2) is 7.41. The molecule has 2 heterocycles. The van der Waals surface area contributed by atoms with E-state index in [2.05, 4.69) is 0 Å². The molecule has 0 spiro atoms. The van der Waals surface area contributed by atoms with Gasteiger partial charge in [-0.1, -0.05) is 11.6 Å². The molecule has 1 aliphatic heterocycles. The molecule has 2 N–H and O–H groups in total. The number of hydrogen-bond donors (Lipinski definition) is 2. The van der Waals surface area contributed by atoms with Crippen LogP contribution >= 0.6 is 23.4 Å². The van der Waals surface area contributed by atoms with E-state index in [1.807, 2.05) is 4.98 Å². The first-order valence-corrected chi connectivity index (χ1v) is 8.18. The lowest BCUT2D eigenvalue weighted by molar-refractivity contribution is -0.165. The topological polar surface area (TPSA) is 128 Å². The average molecular weight is 379 g/mol. The van der Waals surface area contributed by atoms with Crippen molar-refractivity contribution in [2.45, 2.75) is 36.7 Å². The average Bonchev–Trinajstić information content (AvgIpc) is 2.79. The van der Waals surface area contributed by atoms with E-state index in [0.717, 1.165) is 22.5 Å². The van der Waals surface area contributed by atoms with Gasteiger partial charge in [0.05, 0.1) is 11.9 Å². The van der Waals surface area contributed by atoms with Gasteiger partial charge < -0.3 is 14.6 Å². The van der Waals surface area contributed by atoms with Gasteiger partial charge in [0.25, 0.3) is 5.56 Å². The predicted molar refractivity (Wildman–Crippen MR) is 84.9 cm³/mol. The number of esters is 2. The van der Waals surface area contributed by atoms with Crippen LogP contribution in [-0.2, 0) is 19.1 Å². The first-order valence-electron chi connectivity index (χ1n) is 6.86. The quantitative estimate of drug-likeness (QED) is 0.681. The number of carbonyl (C=O) groups excluding carboxylic acids is 2. The van der Waals surface area contributed by atoms with E-state index < -0.39 is 46.0 Å². The summed E-state index contributed by atoms with van der Waals surface area (Å²) in [4.78, 5) is 48.2. The molecule has 0 radical (unpaired) electrons. The van der Waals surface area contributed by atoms with E-state index in [1.54, 1.807) is 0 Å². The van der Waals surface area contributed by atoms with Crippen LogP contribution in [0.15, 0.2) is 15.8 Å². The number of aliphatic hydroxyl groups excluding tert-OH is 1. The molecule has 1 aromatic rings. The minimum Gasteiger partial charge on any atom is -0.457 e. The molecule has 24 heavy (non-hydrogen) atoms. The van der Waals surface area contributed by atoms with Gasteiger partial charge in [-0.3, -0.25) is 23.9 Å². The van der Waals surface area contributed by atoms with E-state index >= 15 is 0 Å². The molecule has 132 valence electrons. The van der Waals surface area contributed by atoms with E-state index in [4.69, 9.17) is 21.1 Å². The number of aromatic nitrogens is 2. The van der Waals surface area contributed by atoms with Crippen LogP contribution in [0.5, 0.6) is 0 Å². The van der Waals surface area contributed by atoms with Crippen molar-refractivity contribution in [1.29, 1.82) is 0 Å². The van der Waals surface area contributed by atoms with Crippen molar-refractivity contribution in [2.75, 3.05) is 6.61 Å². The normalized spacial score (nSPS) is 26.2. The molecular weight excluding hydrogens is 364 g/mol. The van der Waals surface area contributed by atoms with Crippen LogP contribution in [0.4, 0.5) is 0 Å². The number of nitrogens with zero attached hydrogens (tertiary/aromatic N) is 1. The summed E-state index contributed by atoms with van der Waals surface area (Å²) in [6.07, 6.45) is -0.876. The third-order valence-corrected chi connectivity index (χ3v) is 5.08. The van der Waals surface area contributed by atoms with Crippen molar-refractivity contribution in [3.05, 3.63) is 32.1 Å². The van der Waals surface area contributed by atoms with Gasteiger partial charge in [-0.2, -0.15) is 0 Å². The smallest absolute Gasteiger partial charge is 0.329 e. The van der Waals surface area contributed by atoms with E-state index in [-0.39, 0.29) is 11.6 Å². The Hall–Kier alpha value is -1.78. The summed E-state index contributed by atoms with van der Waals surface area (Å²) in [5, 5.41) is 7.82. The molecule has 0 aliphatic carbocycles. The Morgan fingerprint density at radius 3 is 2.42 bits per heavy atom. The lowest BCUT2D eigenvalue weighted by atomic mass is 10.1. The fraction of sp³-hybridized carbons (Fsp3) is 0.538. The van der Waals surface area contributed by atoms with E-state index in [1.165, 1.54) is 13.8 Å². The van der Waals surface area contributed by atoms with Crippen LogP contribution in [0.25, 0.3) is 0 Å². The SMILES string of the molecule is CC(=O)O[C@@H]1[C@H](OC(C)=O)[C@@H](CO)S[C@H]1n1cc(Cl)c(=O)[nH]c1=O. The number of carbonyl (C=O) groups is 2. The number of hydrogen-bond acceptors (Lipinski definition) is 8. The van der Waals surface area contributed by atoms with Gasteiger partial charge in [0.2, 0.25) is 0 Å². The zero-order valence-corrected chi connectivity index (χ0v) is 14.3. The largest absolute Gasteiger partial charge is 0.457 e.